The van der Waals surface area contributed by atoms with Gasteiger partial charge in [-0.2, -0.15) is 0 Å². The number of ether oxygens (including phenoxy) is 1. The number of hydrogen-bond donors (Lipinski definition) is 1. The van der Waals surface area contributed by atoms with Crippen LogP contribution in [0.1, 0.15) is 38.7 Å². The molecule has 19 heavy (non-hydrogen) atoms. The fourth-order valence-corrected chi connectivity index (χ4v) is 2.57. The molecule has 1 saturated heterocycles. The van der Waals surface area contributed by atoms with Gasteiger partial charge in [-0.1, -0.05) is 13.8 Å². The summed E-state index contributed by atoms with van der Waals surface area (Å²) >= 11 is 0. The van der Waals surface area contributed by atoms with E-state index < -0.39 is 0 Å². The maximum absolute atomic E-state index is 5.85. The van der Waals surface area contributed by atoms with Gasteiger partial charge in [-0.15, -0.1) is 0 Å². The number of nitrogens with one attached hydrogen (secondary N) is 1. The summed E-state index contributed by atoms with van der Waals surface area (Å²) in [6, 6.07) is 5.12. The first-order chi connectivity index (χ1) is 9.06. The Morgan fingerprint density at radius 1 is 1.37 bits per heavy atom. The average molecular weight is 266 g/mol. The summed E-state index contributed by atoms with van der Waals surface area (Å²) in [6.45, 7) is 8.94. The molecule has 4 heteroatoms. The van der Waals surface area contributed by atoms with Crippen molar-refractivity contribution in [3.8, 4) is 0 Å². The molecule has 1 aliphatic heterocycles. The Morgan fingerprint density at radius 2 is 2.11 bits per heavy atom. The van der Waals surface area contributed by atoms with E-state index in [4.69, 9.17) is 9.15 Å². The average Bonchev–Trinajstić information content (AvgIpc) is 2.95. The van der Waals surface area contributed by atoms with E-state index in [0.29, 0.717) is 18.2 Å². The van der Waals surface area contributed by atoms with Crippen LogP contribution in [-0.2, 0) is 17.8 Å². The number of likely N-dealkylation sites (N-methyl/N-ethyl adjacent to an activating group) is 1. The minimum Gasteiger partial charge on any atom is -0.463 e. The lowest BCUT2D eigenvalue weighted by Crippen LogP contribution is -2.36. The van der Waals surface area contributed by atoms with Crippen molar-refractivity contribution >= 4 is 0 Å². The third-order valence-corrected chi connectivity index (χ3v) is 3.71. The van der Waals surface area contributed by atoms with Gasteiger partial charge in [-0.05, 0) is 32.5 Å². The van der Waals surface area contributed by atoms with E-state index in [2.05, 4.69) is 50.2 Å². The summed E-state index contributed by atoms with van der Waals surface area (Å²) in [7, 11) is 2.14. The molecule has 2 heterocycles. The van der Waals surface area contributed by atoms with E-state index in [1.165, 1.54) is 0 Å². The maximum Gasteiger partial charge on any atom is 0.118 e. The normalized spacial score (nSPS) is 23.7. The van der Waals surface area contributed by atoms with Crippen molar-refractivity contribution in [3.05, 3.63) is 23.7 Å². The van der Waals surface area contributed by atoms with Gasteiger partial charge in [-0.25, -0.2) is 0 Å². The number of hydrogen-bond acceptors (Lipinski definition) is 4. The monoisotopic (exact) mass is 266 g/mol. The van der Waals surface area contributed by atoms with Gasteiger partial charge in [0.15, 0.2) is 0 Å². The Bertz CT molecular complexity index is 389. The van der Waals surface area contributed by atoms with Crippen molar-refractivity contribution in [2.75, 3.05) is 13.7 Å². The zero-order valence-electron chi connectivity index (χ0n) is 12.5. The fourth-order valence-electron chi connectivity index (χ4n) is 2.57. The summed E-state index contributed by atoms with van der Waals surface area (Å²) in [5.74, 6) is 2.04. The van der Waals surface area contributed by atoms with E-state index in [9.17, 15) is 0 Å². The summed E-state index contributed by atoms with van der Waals surface area (Å²) < 4.78 is 11.5. The molecule has 2 unspecified atom stereocenters. The van der Waals surface area contributed by atoms with Crippen LogP contribution < -0.4 is 5.32 Å². The highest BCUT2D eigenvalue weighted by Crippen LogP contribution is 2.20. The summed E-state index contributed by atoms with van der Waals surface area (Å²) in [5, 5.41) is 3.36. The van der Waals surface area contributed by atoms with Crippen LogP contribution >= 0.6 is 0 Å². The topological polar surface area (TPSA) is 37.6 Å². The highest BCUT2D eigenvalue weighted by molar-refractivity contribution is 5.07. The highest BCUT2D eigenvalue weighted by Gasteiger charge is 2.28. The lowest BCUT2D eigenvalue weighted by Gasteiger charge is -2.25. The quantitative estimate of drug-likeness (QED) is 0.858. The highest BCUT2D eigenvalue weighted by atomic mass is 16.5. The van der Waals surface area contributed by atoms with Crippen molar-refractivity contribution < 1.29 is 9.15 Å². The van der Waals surface area contributed by atoms with E-state index >= 15 is 0 Å². The molecule has 4 nitrogen and oxygen atoms in total. The van der Waals surface area contributed by atoms with Crippen LogP contribution in [0.15, 0.2) is 16.5 Å². The van der Waals surface area contributed by atoms with Gasteiger partial charge in [0.05, 0.1) is 19.2 Å². The van der Waals surface area contributed by atoms with Crippen molar-refractivity contribution in [2.24, 2.45) is 0 Å². The minimum absolute atomic E-state index is 0.321. The Morgan fingerprint density at radius 3 is 2.74 bits per heavy atom. The van der Waals surface area contributed by atoms with E-state index in [1.54, 1.807) is 0 Å². The Kier molecular flexibility index (Phi) is 5.02. The van der Waals surface area contributed by atoms with Crippen LogP contribution in [0.2, 0.25) is 0 Å². The van der Waals surface area contributed by atoms with Gasteiger partial charge in [0.1, 0.15) is 11.5 Å². The van der Waals surface area contributed by atoms with Crippen LogP contribution in [0.5, 0.6) is 0 Å². The third kappa shape index (κ3) is 4.06. The lowest BCUT2D eigenvalue weighted by molar-refractivity contribution is 0.0790. The minimum atomic E-state index is 0.321. The first-order valence-corrected chi connectivity index (χ1v) is 7.19. The lowest BCUT2D eigenvalue weighted by atomic mass is 10.1. The third-order valence-electron chi connectivity index (χ3n) is 3.71. The predicted octanol–water partition coefficient (Wildman–Crippen LogP) is 2.39. The van der Waals surface area contributed by atoms with E-state index in [-0.39, 0.29) is 0 Å². The largest absolute Gasteiger partial charge is 0.463 e. The summed E-state index contributed by atoms with van der Waals surface area (Å²) in [4.78, 5) is 2.33. The standard InChI is InChI=1S/C15H26N2O2/c1-11(2)16-9-13-5-6-14(19-13)10-17(4)15-7-8-18-12(15)3/h5-6,11-12,15-16H,7-10H2,1-4H3. The van der Waals surface area contributed by atoms with Gasteiger partial charge >= 0.3 is 0 Å². The smallest absolute Gasteiger partial charge is 0.118 e. The Balaban J connectivity index is 1.85. The molecular weight excluding hydrogens is 240 g/mol. The molecule has 1 aromatic rings. The molecule has 0 spiro atoms. The molecule has 1 aliphatic rings. The molecule has 0 amide bonds. The molecule has 0 radical (unpaired) electrons. The van der Waals surface area contributed by atoms with Crippen molar-refractivity contribution in [3.63, 3.8) is 0 Å². The molecule has 0 aromatic carbocycles. The SMILES string of the molecule is CC(C)NCc1ccc(CN(C)C2CCOC2C)o1. The van der Waals surface area contributed by atoms with Crippen LogP contribution in [0.4, 0.5) is 0 Å². The molecule has 0 saturated carbocycles. The van der Waals surface area contributed by atoms with E-state index in [1.807, 2.05) is 0 Å². The van der Waals surface area contributed by atoms with Crippen molar-refractivity contribution in [1.82, 2.24) is 10.2 Å². The molecular formula is C15H26N2O2. The molecule has 1 aromatic heterocycles. The number of rotatable bonds is 6. The van der Waals surface area contributed by atoms with Crippen LogP contribution in [0.25, 0.3) is 0 Å². The second-order valence-corrected chi connectivity index (χ2v) is 5.75. The number of furan rings is 1. The van der Waals surface area contributed by atoms with Gasteiger partial charge < -0.3 is 14.5 Å². The zero-order valence-corrected chi connectivity index (χ0v) is 12.5. The Labute approximate surface area is 116 Å². The van der Waals surface area contributed by atoms with Crippen LogP contribution in [0.3, 0.4) is 0 Å². The molecule has 2 atom stereocenters. The fraction of sp³-hybridized carbons (Fsp3) is 0.733. The first-order valence-electron chi connectivity index (χ1n) is 7.19. The van der Waals surface area contributed by atoms with Gasteiger partial charge in [-0.3, -0.25) is 4.90 Å². The summed E-state index contributed by atoms with van der Waals surface area (Å²) in [5.41, 5.74) is 0. The van der Waals surface area contributed by atoms with Crippen molar-refractivity contribution in [1.29, 1.82) is 0 Å². The molecule has 1 fully saturated rings. The second-order valence-electron chi connectivity index (χ2n) is 5.75. The predicted molar refractivity (Wildman–Crippen MR) is 76.0 cm³/mol. The number of nitrogens with zero attached hydrogens (tertiary/aromatic N) is 1. The second kappa shape index (κ2) is 6.55. The maximum atomic E-state index is 5.85. The molecule has 1 N–H and O–H groups in total. The van der Waals surface area contributed by atoms with Crippen molar-refractivity contribution in [2.45, 2.75) is 58.5 Å². The summed E-state index contributed by atoms with van der Waals surface area (Å²) in [6.07, 6.45) is 1.43. The molecule has 0 aliphatic carbocycles. The van der Waals surface area contributed by atoms with Gasteiger partial charge in [0, 0.05) is 18.7 Å². The molecule has 108 valence electrons. The Hall–Kier alpha value is -0.840. The van der Waals surface area contributed by atoms with Crippen LogP contribution in [0, 0.1) is 0 Å². The first kappa shape index (κ1) is 14.6. The molecule has 2 rings (SSSR count). The van der Waals surface area contributed by atoms with E-state index in [0.717, 1.165) is 37.6 Å². The van der Waals surface area contributed by atoms with Crippen LogP contribution in [-0.4, -0.2) is 36.7 Å². The molecule has 0 bridgehead atoms. The zero-order chi connectivity index (χ0) is 13.8. The van der Waals surface area contributed by atoms with Gasteiger partial charge in [0.25, 0.3) is 0 Å². The van der Waals surface area contributed by atoms with Gasteiger partial charge in [0.2, 0.25) is 0 Å².